The Morgan fingerprint density at radius 3 is 2.84 bits per heavy atom. The Bertz CT molecular complexity index is 780. The van der Waals surface area contributed by atoms with E-state index < -0.39 is 11.2 Å². The number of ether oxygens (including phenoxy) is 1. The van der Waals surface area contributed by atoms with Crippen LogP contribution in [0.4, 0.5) is 10.1 Å². The fourth-order valence-electron chi connectivity index (χ4n) is 3.27. The molecule has 1 heterocycles. The van der Waals surface area contributed by atoms with Crippen LogP contribution in [0.3, 0.4) is 0 Å². The van der Waals surface area contributed by atoms with E-state index in [4.69, 9.17) is 16.3 Å². The number of hydrogen-bond acceptors (Lipinski definition) is 3. The number of para-hydroxylation sites is 1. The number of halogens is 2. The van der Waals surface area contributed by atoms with Crippen LogP contribution in [0.5, 0.6) is 5.75 Å². The van der Waals surface area contributed by atoms with Crippen LogP contribution in [0.2, 0.25) is 5.02 Å². The lowest BCUT2D eigenvalue weighted by Gasteiger charge is -2.25. The van der Waals surface area contributed by atoms with Gasteiger partial charge in [-0.05, 0) is 24.1 Å². The lowest BCUT2D eigenvalue weighted by molar-refractivity contribution is -0.111. The van der Waals surface area contributed by atoms with Gasteiger partial charge in [0, 0.05) is 23.9 Å². The Kier molecular flexibility index (Phi) is 5.28. The van der Waals surface area contributed by atoms with Gasteiger partial charge in [-0.1, -0.05) is 49.6 Å². The third kappa shape index (κ3) is 3.23. The zero-order valence-corrected chi connectivity index (χ0v) is 14.9. The number of benzene rings is 2. The van der Waals surface area contributed by atoms with E-state index in [1.807, 2.05) is 24.3 Å². The van der Waals surface area contributed by atoms with Crippen LogP contribution in [0.1, 0.15) is 37.3 Å². The second kappa shape index (κ2) is 7.44. The van der Waals surface area contributed by atoms with Crippen molar-refractivity contribution in [3.63, 3.8) is 0 Å². The van der Waals surface area contributed by atoms with Crippen molar-refractivity contribution >= 4 is 23.6 Å². The summed E-state index contributed by atoms with van der Waals surface area (Å²) in [6.45, 7) is 3.13. The fourth-order valence-corrected chi connectivity index (χ4v) is 3.44. The van der Waals surface area contributed by atoms with Crippen molar-refractivity contribution in [1.29, 1.82) is 0 Å². The van der Waals surface area contributed by atoms with Crippen LogP contribution in [0.15, 0.2) is 36.4 Å². The number of anilines is 1. The molecule has 0 aromatic heterocycles. The lowest BCUT2D eigenvalue weighted by atomic mass is 9.76. The number of aldehydes is 1. The SMILES string of the molecule is CCCCCNc1ccccc1C1(C=O)COc2cc(F)c(Cl)cc21. The maximum absolute atomic E-state index is 13.7. The quantitative estimate of drug-likeness (QED) is 0.559. The molecule has 5 heteroatoms. The minimum Gasteiger partial charge on any atom is -0.491 e. The van der Waals surface area contributed by atoms with E-state index in [9.17, 15) is 9.18 Å². The van der Waals surface area contributed by atoms with Crippen LogP contribution in [-0.4, -0.2) is 19.4 Å². The Morgan fingerprint density at radius 2 is 2.08 bits per heavy atom. The highest BCUT2D eigenvalue weighted by atomic mass is 35.5. The fraction of sp³-hybridized carbons (Fsp3) is 0.350. The van der Waals surface area contributed by atoms with Crippen LogP contribution < -0.4 is 10.1 Å². The third-order valence-electron chi connectivity index (χ3n) is 4.66. The average Bonchev–Trinajstić information content (AvgIpc) is 2.98. The van der Waals surface area contributed by atoms with E-state index in [1.54, 1.807) is 0 Å². The minimum absolute atomic E-state index is 0.0103. The molecule has 132 valence electrons. The molecule has 1 atom stereocenters. The molecule has 0 aliphatic carbocycles. The zero-order valence-electron chi connectivity index (χ0n) is 14.1. The lowest BCUT2D eigenvalue weighted by Crippen LogP contribution is -2.32. The largest absolute Gasteiger partial charge is 0.491 e. The van der Waals surface area contributed by atoms with Crippen molar-refractivity contribution in [2.45, 2.75) is 31.6 Å². The first kappa shape index (κ1) is 17.7. The predicted molar refractivity (Wildman–Crippen MR) is 98.2 cm³/mol. The molecule has 3 rings (SSSR count). The molecule has 2 aromatic rings. The predicted octanol–water partition coefficient (Wildman–Crippen LogP) is 4.96. The summed E-state index contributed by atoms with van der Waals surface area (Å²) in [5, 5.41) is 3.41. The van der Waals surface area contributed by atoms with Crippen molar-refractivity contribution in [2.24, 2.45) is 0 Å². The van der Waals surface area contributed by atoms with E-state index in [2.05, 4.69) is 12.2 Å². The number of unbranched alkanes of at least 4 members (excludes halogenated alkanes) is 2. The Morgan fingerprint density at radius 1 is 1.28 bits per heavy atom. The minimum atomic E-state index is -0.985. The summed E-state index contributed by atoms with van der Waals surface area (Å²) in [5.41, 5.74) is 1.34. The molecule has 0 fully saturated rings. The molecule has 1 N–H and O–H groups in total. The molecule has 0 bridgehead atoms. The van der Waals surface area contributed by atoms with Gasteiger partial charge in [-0.3, -0.25) is 0 Å². The molecule has 1 aliphatic heterocycles. The highest BCUT2D eigenvalue weighted by Gasteiger charge is 2.44. The van der Waals surface area contributed by atoms with Gasteiger partial charge in [0.1, 0.15) is 29.9 Å². The van der Waals surface area contributed by atoms with Gasteiger partial charge in [-0.15, -0.1) is 0 Å². The van der Waals surface area contributed by atoms with Crippen LogP contribution in [-0.2, 0) is 10.2 Å². The number of carbonyl (C=O) groups excluding carboxylic acids is 1. The van der Waals surface area contributed by atoms with Crippen molar-refractivity contribution in [3.05, 3.63) is 58.4 Å². The number of rotatable bonds is 7. The Labute approximate surface area is 152 Å². The normalized spacial score (nSPS) is 18.5. The molecule has 0 saturated heterocycles. The molecule has 0 spiro atoms. The van der Waals surface area contributed by atoms with Crippen LogP contribution in [0, 0.1) is 5.82 Å². The Balaban J connectivity index is 2.01. The number of hydrogen-bond donors (Lipinski definition) is 1. The second-order valence-corrected chi connectivity index (χ2v) is 6.73. The molecule has 1 unspecified atom stereocenters. The summed E-state index contributed by atoms with van der Waals surface area (Å²) < 4.78 is 19.4. The molecule has 2 aromatic carbocycles. The average molecular weight is 362 g/mol. The highest BCUT2D eigenvalue weighted by Crippen LogP contribution is 2.46. The highest BCUT2D eigenvalue weighted by molar-refractivity contribution is 6.30. The van der Waals surface area contributed by atoms with E-state index in [1.165, 1.54) is 12.1 Å². The summed E-state index contributed by atoms with van der Waals surface area (Å²) in [5.74, 6) is -0.178. The van der Waals surface area contributed by atoms with Gasteiger partial charge in [0.05, 0.1) is 5.02 Å². The van der Waals surface area contributed by atoms with Crippen LogP contribution in [0.25, 0.3) is 0 Å². The molecule has 1 aliphatic rings. The van der Waals surface area contributed by atoms with Crippen molar-refractivity contribution in [1.82, 2.24) is 0 Å². The maximum atomic E-state index is 13.7. The van der Waals surface area contributed by atoms with Gasteiger partial charge in [0.15, 0.2) is 0 Å². The topological polar surface area (TPSA) is 38.3 Å². The molecular weight excluding hydrogens is 341 g/mol. The monoisotopic (exact) mass is 361 g/mol. The smallest absolute Gasteiger partial charge is 0.145 e. The van der Waals surface area contributed by atoms with Crippen molar-refractivity contribution < 1.29 is 13.9 Å². The van der Waals surface area contributed by atoms with Crippen molar-refractivity contribution in [2.75, 3.05) is 18.5 Å². The van der Waals surface area contributed by atoms with E-state index in [0.717, 1.165) is 43.3 Å². The summed E-state index contributed by atoms with van der Waals surface area (Å²) >= 11 is 5.96. The molecule has 0 radical (unpaired) electrons. The molecule has 0 amide bonds. The second-order valence-electron chi connectivity index (χ2n) is 6.32. The molecule has 3 nitrogen and oxygen atoms in total. The van der Waals surface area contributed by atoms with Crippen molar-refractivity contribution in [3.8, 4) is 5.75 Å². The first-order valence-electron chi connectivity index (χ1n) is 8.54. The van der Waals surface area contributed by atoms with Gasteiger partial charge < -0.3 is 14.8 Å². The molecular formula is C20H21ClFNO2. The van der Waals surface area contributed by atoms with Gasteiger partial charge in [0.2, 0.25) is 0 Å². The van der Waals surface area contributed by atoms with Gasteiger partial charge >= 0.3 is 0 Å². The van der Waals surface area contributed by atoms with Crippen LogP contribution >= 0.6 is 11.6 Å². The Hall–Kier alpha value is -2.07. The molecule has 25 heavy (non-hydrogen) atoms. The standard InChI is InChI=1S/C20H21ClFNO2/c1-2-3-6-9-23-18-8-5-4-7-14(18)20(12-24)13-25-19-11-17(22)16(21)10-15(19)20/h4-5,7-8,10-12,23H,2-3,6,9,13H2,1H3. The van der Waals surface area contributed by atoms with E-state index >= 15 is 0 Å². The van der Waals surface area contributed by atoms with E-state index in [-0.39, 0.29) is 11.6 Å². The summed E-state index contributed by atoms with van der Waals surface area (Å²) in [6.07, 6.45) is 4.23. The number of fused-ring (bicyclic) bond motifs is 1. The summed E-state index contributed by atoms with van der Waals surface area (Å²) in [7, 11) is 0. The third-order valence-corrected chi connectivity index (χ3v) is 4.95. The van der Waals surface area contributed by atoms with Gasteiger partial charge in [0.25, 0.3) is 0 Å². The number of nitrogens with one attached hydrogen (secondary N) is 1. The zero-order chi connectivity index (χ0) is 17.9. The van der Waals surface area contributed by atoms with Gasteiger partial charge in [-0.25, -0.2) is 4.39 Å². The first-order valence-corrected chi connectivity index (χ1v) is 8.92. The summed E-state index contributed by atoms with van der Waals surface area (Å²) in [4.78, 5) is 12.2. The maximum Gasteiger partial charge on any atom is 0.145 e. The number of carbonyl (C=O) groups is 1. The summed E-state index contributed by atoms with van der Waals surface area (Å²) in [6, 6.07) is 10.4. The molecule has 0 saturated carbocycles. The first-order chi connectivity index (χ1) is 12.1. The van der Waals surface area contributed by atoms with Gasteiger partial charge in [-0.2, -0.15) is 0 Å². The van der Waals surface area contributed by atoms with E-state index in [0.29, 0.717) is 11.3 Å².